The first-order chi connectivity index (χ1) is 6.33. The van der Waals surface area contributed by atoms with Gasteiger partial charge in [0, 0.05) is 19.6 Å². The number of carbonyl (C=O) groups is 1. The number of carbonyl (C=O) groups excluding carboxylic acids is 1. The number of likely N-dealkylation sites (N-methyl/N-ethyl adjacent to an activating group) is 1. The van der Waals surface area contributed by atoms with Crippen molar-refractivity contribution in [3.05, 3.63) is 0 Å². The van der Waals surface area contributed by atoms with Gasteiger partial charge in [-0.2, -0.15) is 0 Å². The SMILES string of the molecule is CCNC(=O)CNN1CCCCC1. The summed E-state index contributed by atoms with van der Waals surface area (Å²) in [5.74, 6) is 0.0769. The van der Waals surface area contributed by atoms with E-state index in [1.165, 1.54) is 19.3 Å². The maximum Gasteiger partial charge on any atom is 0.235 e. The molecule has 1 fully saturated rings. The second-order valence-electron chi connectivity index (χ2n) is 3.34. The molecule has 0 saturated carbocycles. The van der Waals surface area contributed by atoms with Crippen LogP contribution >= 0.6 is 0 Å². The lowest BCUT2D eigenvalue weighted by Crippen LogP contribution is -2.46. The summed E-state index contributed by atoms with van der Waals surface area (Å²) in [6.07, 6.45) is 3.80. The van der Waals surface area contributed by atoms with Crippen LogP contribution in [0, 0.1) is 0 Å². The van der Waals surface area contributed by atoms with Crippen LogP contribution in [0.2, 0.25) is 0 Å². The lowest BCUT2D eigenvalue weighted by molar-refractivity contribution is -0.121. The standard InChI is InChI=1S/C9H19N3O/c1-2-10-9(13)8-11-12-6-4-3-5-7-12/h11H,2-8H2,1H3,(H,10,13). The van der Waals surface area contributed by atoms with E-state index in [4.69, 9.17) is 0 Å². The van der Waals surface area contributed by atoms with E-state index in [0.717, 1.165) is 13.1 Å². The lowest BCUT2D eigenvalue weighted by Gasteiger charge is -2.26. The van der Waals surface area contributed by atoms with Crippen molar-refractivity contribution in [2.75, 3.05) is 26.2 Å². The van der Waals surface area contributed by atoms with Crippen LogP contribution in [0.5, 0.6) is 0 Å². The molecule has 0 bridgehead atoms. The fraction of sp³-hybridized carbons (Fsp3) is 0.889. The molecule has 1 rings (SSSR count). The number of hydrogen-bond donors (Lipinski definition) is 2. The topological polar surface area (TPSA) is 44.4 Å². The highest BCUT2D eigenvalue weighted by Crippen LogP contribution is 2.05. The minimum absolute atomic E-state index is 0.0769. The fourth-order valence-electron chi connectivity index (χ4n) is 1.50. The van der Waals surface area contributed by atoms with Crippen molar-refractivity contribution in [3.63, 3.8) is 0 Å². The molecule has 0 aromatic carbocycles. The van der Waals surface area contributed by atoms with E-state index >= 15 is 0 Å². The lowest BCUT2D eigenvalue weighted by atomic mass is 10.2. The summed E-state index contributed by atoms with van der Waals surface area (Å²) in [4.78, 5) is 11.1. The van der Waals surface area contributed by atoms with Crippen LogP contribution in [0.3, 0.4) is 0 Å². The zero-order valence-corrected chi connectivity index (χ0v) is 8.31. The molecular weight excluding hydrogens is 166 g/mol. The zero-order chi connectivity index (χ0) is 9.52. The Hall–Kier alpha value is -0.610. The Bertz CT molecular complexity index is 155. The number of piperidine rings is 1. The van der Waals surface area contributed by atoms with E-state index in [-0.39, 0.29) is 5.91 Å². The third-order valence-corrected chi connectivity index (χ3v) is 2.19. The van der Waals surface area contributed by atoms with Crippen molar-refractivity contribution in [2.45, 2.75) is 26.2 Å². The largest absolute Gasteiger partial charge is 0.355 e. The van der Waals surface area contributed by atoms with Crippen LogP contribution in [0.25, 0.3) is 0 Å². The predicted octanol–water partition coefficient (Wildman–Crippen LogP) is 0.113. The molecule has 0 unspecified atom stereocenters. The molecule has 1 aliphatic heterocycles. The second kappa shape index (κ2) is 5.94. The van der Waals surface area contributed by atoms with Crippen LogP contribution in [0.15, 0.2) is 0 Å². The number of nitrogens with zero attached hydrogens (tertiary/aromatic N) is 1. The van der Waals surface area contributed by atoms with Crippen LogP contribution in [0.1, 0.15) is 26.2 Å². The highest BCUT2D eigenvalue weighted by molar-refractivity contribution is 5.77. The van der Waals surface area contributed by atoms with Crippen molar-refractivity contribution in [3.8, 4) is 0 Å². The zero-order valence-electron chi connectivity index (χ0n) is 8.31. The minimum Gasteiger partial charge on any atom is -0.355 e. The fourth-order valence-corrected chi connectivity index (χ4v) is 1.50. The van der Waals surface area contributed by atoms with Gasteiger partial charge in [0.15, 0.2) is 0 Å². The van der Waals surface area contributed by atoms with Gasteiger partial charge in [-0.3, -0.25) is 4.79 Å². The van der Waals surface area contributed by atoms with Gasteiger partial charge in [0.2, 0.25) is 5.91 Å². The molecule has 0 atom stereocenters. The Morgan fingerprint density at radius 3 is 2.62 bits per heavy atom. The molecule has 76 valence electrons. The number of hydrazine groups is 1. The van der Waals surface area contributed by atoms with Crippen LogP contribution in [0.4, 0.5) is 0 Å². The van der Waals surface area contributed by atoms with Gasteiger partial charge >= 0.3 is 0 Å². The molecule has 0 aromatic rings. The normalized spacial score (nSPS) is 18.5. The van der Waals surface area contributed by atoms with E-state index < -0.39 is 0 Å². The molecule has 0 radical (unpaired) electrons. The molecule has 0 spiro atoms. The first-order valence-electron chi connectivity index (χ1n) is 5.08. The molecule has 0 aliphatic carbocycles. The number of nitrogens with one attached hydrogen (secondary N) is 2. The van der Waals surface area contributed by atoms with Crippen molar-refractivity contribution in [2.24, 2.45) is 0 Å². The van der Waals surface area contributed by atoms with Crippen LogP contribution < -0.4 is 10.7 Å². The number of hydrogen-bond acceptors (Lipinski definition) is 3. The molecule has 1 heterocycles. The molecule has 13 heavy (non-hydrogen) atoms. The van der Waals surface area contributed by atoms with Gasteiger partial charge in [-0.15, -0.1) is 0 Å². The molecule has 2 N–H and O–H groups in total. The summed E-state index contributed by atoms with van der Waals surface area (Å²) >= 11 is 0. The maximum absolute atomic E-state index is 11.1. The van der Waals surface area contributed by atoms with Gasteiger partial charge in [0.25, 0.3) is 0 Å². The van der Waals surface area contributed by atoms with Gasteiger partial charge in [0.1, 0.15) is 0 Å². The van der Waals surface area contributed by atoms with Crippen molar-refractivity contribution >= 4 is 5.91 Å². The van der Waals surface area contributed by atoms with Gasteiger partial charge in [-0.1, -0.05) is 6.42 Å². The van der Waals surface area contributed by atoms with Gasteiger partial charge in [-0.05, 0) is 19.8 Å². The first kappa shape index (κ1) is 10.5. The average molecular weight is 185 g/mol. The van der Waals surface area contributed by atoms with E-state index in [0.29, 0.717) is 13.1 Å². The number of rotatable bonds is 4. The van der Waals surface area contributed by atoms with Gasteiger partial charge in [-0.25, -0.2) is 10.4 Å². The smallest absolute Gasteiger partial charge is 0.235 e. The van der Waals surface area contributed by atoms with Crippen molar-refractivity contribution < 1.29 is 4.79 Å². The summed E-state index contributed by atoms with van der Waals surface area (Å²) in [5.41, 5.74) is 3.13. The summed E-state index contributed by atoms with van der Waals surface area (Å²) in [7, 11) is 0. The summed E-state index contributed by atoms with van der Waals surface area (Å²) in [6.45, 7) is 5.19. The highest BCUT2D eigenvalue weighted by atomic mass is 16.2. The third-order valence-electron chi connectivity index (χ3n) is 2.19. The van der Waals surface area contributed by atoms with Crippen LogP contribution in [-0.4, -0.2) is 37.1 Å². The third kappa shape index (κ3) is 4.24. The molecular formula is C9H19N3O. The average Bonchev–Trinajstić information content (AvgIpc) is 2.17. The Morgan fingerprint density at radius 2 is 2.00 bits per heavy atom. The van der Waals surface area contributed by atoms with E-state index in [1.807, 2.05) is 6.92 Å². The number of amides is 1. The Kier molecular flexibility index (Phi) is 4.78. The van der Waals surface area contributed by atoms with E-state index in [1.54, 1.807) is 0 Å². The quantitative estimate of drug-likeness (QED) is 0.653. The minimum atomic E-state index is 0.0769. The Balaban J connectivity index is 2.06. The molecule has 4 nitrogen and oxygen atoms in total. The summed E-state index contributed by atoms with van der Waals surface area (Å²) < 4.78 is 0. The van der Waals surface area contributed by atoms with E-state index in [9.17, 15) is 4.79 Å². The molecule has 0 aromatic heterocycles. The van der Waals surface area contributed by atoms with Crippen LogP contribution in [-0.2, 0) is 4.79 Å². The summed E-state index contributed by atoms with van der Waals surface area (Å²) in [5, 5.41) is 4.89. The van der Waals surface area contributed by atoms with Crippen molar-refractivity contribution in [1.82, 2.24) is 15.8 Å². The van der Waals surface area contributed by atoms with Gasteiger partial charge < -0.3 is 5.32 Å². The molecule has 1 saturated heterocycles. The Morgan fingerprint density at radius 1 is 1.31 bits per heavy atom. The van der Waals surface area contributed by atoms with Crippen molar-refractivity contribution in [1.29, 1.82) is 0 Å². The monoisotopic (exact) mass is 185 g/mol. The first-order valence-corrected chi connectivity index (χ1v) is 5.08. The second-order valence-corrected chi connectivity index (χ2v) is 3.34. The van der Waals surface area contributed by atoms with E-state index in [2.05, 4.69) is 15.8 Å². The predicted molar refractivity (Wildman–Crippen MR) is 52.1 cm³/mol. The Labute approximate surface area is 79.6 Å². The molecule has 4 heteroatoms. The van der Waals surface area contributed by atoms with Gasteiger partial charge in [0.05, 0.1) is 6.54 Å². The summed E-state index contributed by atoms with van der Waals surface area (Å²) in [6, 6.07) is 0. The maximum atomic E-state index is 11.1. The molecule has 1 amide bonds. The highest BCUT2D eigenvalue weighted by Gasteiger charge is 2.09. The molecule has 1 aliphatic rings.